The number of rotatable bonds is 2. The van der Waals surface area contributed by atoms with Gasteiger partial charge < -0.3 is 14.3 Å². The van der Waals surface area contributed by atoms with E-state index in [4.69, 9.17) is 17.0 Å². The molecule has 1 aliphatic rings. The largest absolute Gasteiger partial charge is 0.381 e. The molecule has 0 spiro atoms. The molecule has 1 saturated heterocycles. The van der Waals surface area contributed by atoms with E-state index in [1.807, 2.05) is 4.57 Å². The van der Waals surface area contributed by atoms with Crippen molar-refractivity contribution in [1.82, 2.24) is 9.55 Å². The molecule has 2 aromatic rings. The van der Waals surface area contributed by atoms with Crippen LogP contribution >= 0.6 is 12.2 Å². The predicted molar refractivity (Wildman–Crippen MR) is 75.2 cm³/mol. The van der Waals surface area contributed by atoms with E-state index in [0.29, 0.717) is 4.77 Å². The highest BCUT2D eigenvalue weighted by Gasteiger charge is 2.28. The van der Waals surface area contributed by atoms with Crippen LogP contribution in [0.2, 0.25) is 0 Å². The second-order valence-corrected chi connectivity index (χ2v) is 5.99. The van der Waals surface area contributed by atoms with Crippen LogP contribution in [0, 0.1) is 16.0 Å². The molecule has 0 unspecified atom stereocenters. The Bertz CT molecular complexity index is 655. The van der Waals surface area contributed by atoms with Crippen molar-refractivity contribution in [3.8, 4) is 0 Å². The van der Waals surface area contributed by atoms with Crippen molar-refractivity contribution < 1.29 is 9.13 Å². The highest BCUT2D eigenvalue weighted by atomic mass is 32.1. The molecule has 1 aromatic carbocycles. The molecule has 0 radical (unpaired) electrons. The first-order valence-electron chi connectivity index (χ1n) is 6.53. The van der Waals surface area contributed by atoms with Crippen molar-refractivity contribution in [3.05, 3.63) is 28.8 Å². The van der Waals surface area contributed by atoms with E-state index in [1.165, 1.54) is 6.07 Å². The van der Waals surface area contributed by atoms with Gasteiger partial charge in [-0.15, -0.1) is 0 Å². The fraction of sp³-hybridized carbons (Fsp3) is 0.500. The molecule has 0 saturated carbocycles. The van der Waals surface area contributed by atoms with Gasteiger partial charge in [-0.2, -0.15) is 0 Å². The number of imidazole rings is 1. The minimum absolute atomic E-state index is 0.165. The highest BCUT2D eigenvalue weighted by molar-refractivity contribution is 7.71. The van der Waals surface area contributed by atoms with Gasteiger partial charge in [0.05, 0.1) is 11.0 Å². The number of nitrogens with zero attached hydrogens (tertiary/aromatic N) is 1. The van der Waals surface area contributed by atoms with Gasteiger partial charge in [-0.1, -0.05) is 6.92 Å². The van der Waals surface area contributed by atoms with Gasteiger partial charge in [0.1, 0.15) is 5.82 Å². The van der Waals surface area contributed by atoms with Crippen LogP contribution in [0.5, 0.6) is 0 Å². The molecule has 0 amide bonds. The zero-order valence-electron chi connectivity index (χ0n) is 10.9. The van der Waals surface area contributed by atoms with Gasteiger partial charge in [0.25, 0.3) is 0 Å². The maximum absolute atomic E-state index is 13.4. The van der Waals surface area contributed by atoms with Crippen LogP contribution in [-0.2, 0) is 11.3 Å². The van der Waals surface area contributed by atoms with E-state index in [-0.39, 0.29) is 11.2 Å². The fourth-order valence-electron chi connectivity index (χ4n) is 2.69. The lowest BCUT2D eigenvalue weighted by Crippen LogP contribution is -2.31. The Morgan fingerprint density at radius 1 is 1.42 bits per heavy atom. The number of aromatic nitrogens is 2. The molecule has 1 aromatic heterocycles. The van der Waals surface area contributed by atoms with Crippen LogP contribution in [0.25, 0.3) is 11.0 Å². The molecule has 102 valence electrons. The van der Waals surface area contributed by atoms with Crippen LogP contribution in [-0.4, -0.2) is 22.8 Å². The Labute approximate surface area is 116 Å². The van der Waals surface area contributed by atoms with Crippen LogP contribution in [0.4, 0.5) is 4.39 Å². The average molecular weight is 280 g/mol. The van der Waals surface area contributed by atoms with E-state index in [2.05, 4.69) is 11.9 Å². The first-order valence-corrected chi connectivity index (χ1v) is 6.94. The van der Waals surface area contributed by atoms with Crippen LogP contribution in [0.3, 0.4) is 0 Å². The first kappa shape index (κ1) is 12.8. The number of hydrogen-bond acceptors (Lipinski definition) is 2. The molecule has 19 heavy (non-hydrogen) atoms. The molecule has 1 fully saturated rings. The zero-order chi connectivity index (χ0) is 13.5. The summed E-state index contributed by atoms with van der Waals surface area (Å²) in [5.41, 5.74) is 1.90. The molecule has 1 aliphatic heterocycles. The van der Waals surface area contributed by atoms with Crippen LogP contribution < -0.4 is 0 Å². The molecule has 0 atom stereocenters. The number of ether oxygens (including phenoxy) is 1. The number of halogens is 1. The third-order valence-electron chi connectivity index (χ3n) is 3.98. The Hall–Kier alpha value is -1.20. The average Bonchev–Trinajstić information content (AvgIpc) is 2.67. The number of nitrogens with one attached hydrogen (secondary N) is 1. The third-order valence-corrected chi connectivity index (χ3v) is 4.30. The Kier molecular flexibility index (Phi) is 3.19. The van der Waals surface area contributed by atoms with Gasteiger partial charge in [-0.3, -0.25) is 0 Å². The number of benzene rings is 1. The van der Waals surface area contributed by atoms with E-state index in [0.717, 1.165) is 43.6 Å². The molecular formula is C14H17FN2OS. The van der Waals surface area contributed by atoms with Crippen LogP contribution in [0.15, 0.2) is 18.2 Å². The van der Waals surface area contributed by atoms with Gasteiger partial charge in [0.2, 0.25) is 0 Å². The van der Waals surface area contributed by atoms with Gasteiger partial charge >= 0.3 is 0 Å². The second-order valence-electron chi connectivity index (χ2n) is 5.60. The van der Waals surface area contributed by atoms with E-state index in [1.54, 1.807) is 12.1 Å². The minimum Gasteiger partial charge on any atom is -0.381 e. The number of hydrogen-bond donors (Lipinski definition) is 1. The third kappa shape index (κ3) is 2.44. The van der Waals surface area contributed by atoms with Crippen molar-refractivity contribution in [1.29, 1.82) is 0 Å². The summed E-state index contributed by atoms with van der Waals surface area (Å²) in [7, 11) is 0. The molecule has 3 nitrogen and oxygen atoms in total. The van der Waals surface area contributed by atoms with Crippen LogP contribution in [0.1, 0.15) is 19.8 Å². The molecule has 2 heterocycles. The van der Waals surface area contributed by atoms with Crippen molar-refractivity contribution in [2.24, 2.45) is 5.41 Å². The minimum atomic E-state index is -0.229. The van der Waals surface area contributed by atoms with E-state index < -0.39 is 0 Å². The van der Waals surface area contributed by atoms with Gasteiger partial charge in [-0.25, -0.2) is 4.39 Å². The lowest BCUT2D eigenvalue weighted by atomic mass is 9.82. The maximum atomic E-state index is 13.4. The molecule has 0 aliphatic carbocycles. The summed E-state index contributed by atoms with van der Waals surface area (Å²) < 4.78 is 21.5. The quantitative estimate of drug-likeness (QED) is 0.851. The molecule has 3 rings (SSSR count). The summed E-state index contributed by atoms with van der Waals surface area (Å²) in [4.78, 5) is 3.14. The standard InChI is InChI=1S/C14H17FN2OS/c1-14(4-6-18-7-5-14)9-17-12-8-10(15)2-3-11(12)16-13(17)19/h2-3,8H,4-7,9H2,1H3,(H,16,19). The smallest absolute Gasteiger partial charge is 0.178 e. The van der Waals surface area contributed by atoms with Gasteiger partial charge in [-0.05, 0) is 48.7 Å². The first-order chi connectivity index (χ1) is 9.07. The summed E-state index contributed by atoms with van der Waals surface area (Å²) in [6, 6.07) is 4.74. The lowest BCUT2D eigenvalue weighted by Gasteiger charge is -2.33. The second kappa shape index (κ2) is 4.72. The number of H-pyrrole nitrogens is 1. The normalized spacial score (nSPS) is 18.8. The predicted octanol–water partition coefficient (Wildman–Crippen LogP) is 3.65. The van der Waals surface area contributed by atoms with E-state index in [9.17, 15) is 4.39 Å². The summed E-state index contributed by atoms with van der Waals surface area (Å²) >= 11 is 5.37. The Morgan fingerprint density at radius 2 is 2.16 bits per heavy atom. The van der Waals surface area contributed by atoms with Crippen molar-refractivity contribution >= 4 is 23.3 Å². The van der Waals surface area contributed by atoms with E-state index >= 15 is 0 Å². The summed E-state index contributed by atoms with van der Waals surface area (Å²) in [6.45, 7) is 4.63. The molecule has 5 heteroatoms. The summed E-state index contributed by atoms with van der Waals surface area (Å²) in [6.07, 6.45) is 2.02. The SMILES string of the molecule is CC1(Cn2c(=S)[nH]c3ccc(F)cc32)CCOCC1. The van der Waals surface area contributed by atoms with Crippen molar-refractivity contribution in [2.75, 3.05) is 13.2 Å². The van der Waals surface area contributed by atoms with Crippen molar-refractivity contribution in [2.45, 2.75) is 26.3 Å². The zero-order valence-corrected chi connectivity index (χ0v) is 11.7. The topological polar surface area (TPSA) is 29.9 Å². The van der Waals surface area contributed by atoms with Crippen molar-refractivity contribution in [3.63, 3.8) is 0 Å². The Morgan fingerprint density at radius 3 is 2.89 bits per heavy atom. The molecule has 0 bridgehead atoms. The van der Waals surface area contributed by atoms with Gasteiger partial charge in [0, 0.05) is 19.8 Å². The summed E-state index contributed by atoms with van der Waals surface area (Å²) in [5.74, 6) is -0.229. The maximum Gasteiger partial charge on any atom is 0.178 e. The number of fused-ring (bicyclic) bond motifs is 1. The summed E-state index contributed by atoms with van der Waals surface area (Å²) in [5, 5.41) is 0. The molecular weight excluding hydrogens is 263 g/mol. The Balaban J connectivity index is 2.02. The monoisotopic (exact) mass is 280 g/mol. The number of aromatic amines is 1. The molecule has 1 N–H and O–H groups in total. The fourth-order valence-corrected chi connectivity index (χ4v) is 2.96. The highest BCUT2D eigenvalue weighted by Crippen LogP contribution is 2.33. The lowest BCUT2D eigenvalue weighted by molar-refractivity contribution is 0.0158. The van der Waals surface area contributed by atoms with Gasteiger partial charge in [0.15, 0.2) is 4.77 Å².